The second-order valence-electron chi connectivity index (χ2n) is 4.92. The predicted octanol–water partition coefficient (Wildman–Crippen LogP) is 4.28. The Bertz CT molecular complexity index is 805. The van der Waals surface area contributed by atoms with E-state index in [0.29, 0.717) is 0 Å². The lowest BCUT2D eigenvalue weighted by Crippen LogP contribution is -2.02. The van der Waals surface area contributed by atoms with Crippen molar-refractivity contribution in [2.24, 2.45) is 0 Å². The lowest BCUT2D eigenvalue weighted by atomic mass is 10.2. The lowest BCUT2D eigenvalue weighted by Gasteiger charge is -2.04. The monoisotopic (exact) mass is 316 g/mol. The molecule has 0 saturated carbocycles. The van der Waals surface area contributed by atoms with Crippen molar-refractivity contribution in [2.75, 3.05) is 0 Å². The largest absolute Gasteiger partial charge is 0.265 e. The summed E-state index contributed by atoms with van der Waals surface area (Å²) in [6.45, 7) is 0.799. The Hall–Kier alpha value is -2.54. The van der Waals surface area contributed by atoms with Crippen molar-refractivity contribution in [1.82, 2.24) is 9.71 Å². The zero-order chi connectivity index (χ0) is 15.7. The number of benzene rings is 2. The summed E-state index contributed by atoms with van der Waals surface area (Å²) in [6.07, 6.45) is 3.61. The second kappa shape index (κ2) is 8.19. The summed E-state index contributed by atoms with van der Waals surface area (Å²) in [6, 6.07) is 22.3. The Morgan fingerprint density at radius 1 is 0.826 bits per heavy atom. The van der Waals surface area contributed by atoms with Gasteiger partial charge in [0.25, 0.3) is 0 Å². The molecule has 0 saturated heterocycles. The molecule has 0 bridgehead atoms. The summed E-state index contributed by atoms with van der Waals surface area (Å²) in [5, 5.41) is 0. The zero-order valence-corrected chi connectivity index (χ0v) is 13.4. The standard InChI is InChI=1S/C20H16N2S/c1-2-5-17(6-3-1)9-10-18-7-4-8-20(15-18)23-22-16-19-11-13-21-14-12-19/h1-8,11-15,22H,16H2. The van der Waals surface area contributed by atoms with Crippen molar-refractivity contribution in [3.8, 4) is 11.8 Å². The summed E-state index contributed by atoms with van der Waals surface area (Å²) in [4.78, 5) is 5.17. The summed E-state index contributed by atoms with van der Waals surface area (Å²) in [7, 11) is 0. The Labute approximate surface area is 141 Å². The average molecular weight is 316 g/mol. The fraction of sp³-hybridized carbons (Fsp3) is 0.0500. The van der Waals surface area contributed by atoms with E-state index in [-0.39, 0.29) is 0 Å². The molecule has 3 aromatic rings. The molecule has 1 N–H and O–H groups in total. The van der Waals surface area contributed by atoms with Crippen LogP contribution in [0.4, 0.5) is 0 Å². The van der Waals surface area contributed by atoms with E-state index in [0.717, 1.165) is 22.6 Å². The molecule has 3 rings (SSSR count). The third-order valence-corrected chi connectivity index (χ3v) is 3.95. The van der Waals surface area contributed by atoms with E-state index in [9.17, 15) is 0 Å². The Balaban J connectivity index is 1.60. The van der Waals surface area contributed by atoms with Crippen LogP contribution >= 0.6 is 11.9 Å². The van der Waals surface area contributed by atoms with Crippen LogP contribution in [-0.4, -0.2) is 4.98 Å². The number of nitrogens with one attached hydrogen (secondary N) is 1. The van der Waals surface area contributed by atoms with Gasteiger partial charge in [0.1, 0.15) is 0 Å². The minimum Gasteiger partial charge on any atom is -0.265 e. The third kappa shape index (κ3) is 5.00. The molecule has 0 amide bonds. The molecule has 3 heteroatoms. The molecule has 0 aliphatic rings. The van der Waals surface area contributed by atoms with E-state index in [4.69, 9.17) is 0 Å². The summed E-state index contributed by atoms with van der Waals surface area (Å²) >= 11 is 1.61. The van der Waals surface area contributed by atoms with Gasteiger partial charge in [0.15, 0.2) is 0 Å². The van der Waals surface area contributed by atoms with Gasteiger partial charge in [0.05, 0.1) is 0 Å². The van der Waals surface area contributed by atoms with Crippen molar-refractivity contribution in [1.29, 1.82) is 0 Å². The average Bonchev–Trinajstić information content (AvgIpc) is 2.62. The Morgan fingerprint density at radius 2 is 1.57 bits per heavy atom. The maximum atomic E-state index is 4.02. The molecular weight excluding hydrogens is 300 g/mol. The lowest BCUT2D eigenvalue weighted by molar-refractivity contribution is 0.969. The third-order valence-electron chi connectivity index (χ3n) is 3.17. The van der Waals surface area contributed by atoms with E-state index < -0.39 is 0 Å². The van der Waals surface area contributed by atoms with Gasteiger partial charge in [0, 0.05) is 35.0 Å². The molecule has 0 aliphatic heterocycles. The number of nitrogens with zero attached hydrogens (tertiary/aromatic N) is 1. The summed E-state index contributed by atoms with van der Waals surface area (Å²) in [5.41, 5.74) is 3.26. The van der Waals surface area contributed by atoms with Gasteiger partial charge in [-0.1, -0.05) is 36.1 Å². The molecule has 1 aromatic heterocycles. The molecule has 2 nitrogen and oxygen atoms in total. The molecule has 0 atom stereocenters. The molecule has 23 heavy (non-hydrogen) atoms. The zero-order valence-electron chi connectivity index (χ0n) is 12.6. The van der Waals surface area contributed by atoms with Gasteiger partial charge in [-0.2, -0.15) is 0 Å². The Kier molecular flexibility index (Phi) is 5.47. The number of aromatic nitrogens is 1. The smallest absolute Gasteiger partial charge is 0.0314 e. The van der Waals surface area contributed by atoms with Crippen molar-refractivity contribution < 1.29 is 0 Å². The van der Waals surface area contributed by atoms with E-state index in [1.165, 1.54) is 5.56 Å². The van der Waals surface area contributed by atoms with Crippen LogP contribution in [0, 0.1) is 11.8 Å². The van der Waals surface area contributed by atoms with Crippen molar-refractivity contribution in [3.05, 3.63) is 95.8 Å². The number of rotatable bonds is 4. The van der Waals surface area contributed by atoms with Crippen LogP contribution in [0.2, 0.25) is 0 Å². The molecular formula is C20H16N2S. The quantitative estimate of drug-likeness (QED) is 0.574. The first-order chi connectivity index (χ1) is 11.4. The minimum atomic E-state index is 0.799. The topological polar surface area (TPSA) is 24.9 Å². The van der Waals surface area contributed by atoms with Gasteiger partial charge in [-0.3, -0.25) is 9.71 Å². The molecule has 0 fully saturated rings. The number of hydrogen-bond acceptors (Lipinski definition) is 3. The molecule has 2 aromatic carbocycles. The highest BCUT2D eigenvalue weighted by molar-refractivity contribution is 7.97. The molecule has 1 heterocycles. The van der Waals surface area contributed by atoms with Gasteiger partial charge in [-0.05, 0) is 60.0 Å². The van der Waals surface area contributed by atoms with Crippen LogP contribution in [0.3, 0.4) is 0 Å². The van der Waals surface area contributed by atoms with E-state index in [1.54, 1.807) is 11.9 Å². The van der Waals surface area contributed by atoms with Gasteiger partial charge in [-0.15, -0.1) is 0 Å². The highest BCUT2D eigenvalue weighted by atomic mass is 32.2. The normalized spacial score (nSPS) is 9.91. The molecule has 0 radical (unpaired) electrons. The van der Waals surface area contributed by atoms with Crippen molar-refractivity contribution in [2.45, 2.75) is 11.4 Å². The van der Waals surface area contributed by atoms with Crippen LogP contribution in [0.1, 0.15) is 16.7 Å². The van der Waals surface area contributed by atoms with E-state index in [2.05, 4.69) is 33.7 Å². The van der Waals surface area contributed by atoms with Crippen molar-refractivity contribution in [3.63, 3.8) is 0 Å². The molecule has 0 spiro atoms. The predicted molar refractivity (Wildman–Crippen MR) is 95.8 cm³/mol. The van der Waals surface area contributed by atoms with Crippen LogP contribution in [-0.2, 0) is 6.54 Å². The van der Waals surface area contributed by atoms with Crippen LogP contribution in [0.5, 0.6) is 0 Å². The molecule has 0 aliphatic carbocycles. The second-order valence-corrected chi connectivity index (χ2v) is 5.89. The summed E-state index contributed by atoms with van der Waals surface area (Å²) < 4.78 is 3.36. The van der Waals surface area contributed by atoms with Crippen LogP contribution in [0.15, 0.2) is 84.0 Å². The highest BCUT2D eigenvalue weighted by Gasteiger charge is 1.96. The first-order valence-corrected chi connectivity index (χ1v) is 8.17. The van der Waals surface area contributed by atoms with Gasteiger partial charge < -0.3 is 0 Å². The molecule has 112 valence electrons. The summed E-state index contributed by atoms with van der Waals surface area (Å²) in [5.74, 6) is 6.39. The van der Waals surface area contributed by atoms with Crippen molar-refractivity contribution >= 4 is 11.9 Å². The first-order valence-electron chi connectivity index (χ1n) is 7.36. The van der Waals surface area contributed by atoms with Gasteiger partial charge >= 0.3 is 0 Å². The van der Waals surface area contributed by atoms with Crippen LogP contribution < -0.4 is 4.72 Å². The first kappa shape index (κ1) is 15.4. The van der Waals surface area contributed by atoms with Crippen LogP contribution in [0.25, 0.3) is 0 Å². The fourth-order valence-electron chi connectivity index (χ4n) is 2.01. The number of pyridine rings is 1. The minimum absolute atomic E-state index is 0.799. The van der Waals surface area contributed by atoms with E-state index in [1.807, 2.05) is 67.0 Å². The SMILES string of the molecule is C(#Cc1cccc(SNCc2ccncc2)c1)c1ccccc1. The fourth-order valence-corrected chi connectivity index (χ4v) is 2.74. The Morgan fingerprint density at radius 3 is 2.39 bits per heavy atom. The highest BCUT2D eigenvalue weighted by Crippen LogP contribution is 2.16. The van der Waals surface area contributed by atoms with Gasteiger partial charge in [0.2, 0.25) is 0 Å². The van der Waals surface area contributed by atoms with E-state index >= 15 is 0 Å². The van der Waals surface area contributed by atoms with Gasteiger partial charge in [-0.25, -0.2) is 0 Å². The maximum Gasteiger partial charge on any atom is 0.0314 e. The number of hydrogen-bond donors (Lipinski definition) is 1. The maximum absolute atomic E-state index is 4.02. The molecule has 0 unspecified atom stereocenters.